The minimum absolute atomic E-state index is 0. The molecule has 6 aromatic carbocycles. The maximum absolute atomic E-state index is 12.6. The zero-order chi connectivity index (χ0) is 48.1. The molecule has 0 amide bonds. The minimum atomic E-state index is -0.724. The lowest BCUT2D eigenvalue weighted by Crippen LogP contribution is -2.43. The largest absolute Gasteiger partial charge is 0.385 e. The summed E-state index contributed by atoms with van der Waals surface area (Å²) in [6.07, 6.45) is 7.00. The summed E-state index contributed by atoms with van der Waals surface area (Å²) >= 11 is 3.70. The van der Waals surface area contributed by atoms with Gasteiger partial charge in [-0.1, -0.05) is 122 Å². The van der Waals surface area contributed by atoms with Gasteiger partial charge in [-0.05, 0) is 112 Å². The number of hydrogen-bond acceptors (Lipinski definition) is 6. The molecule has 8 nitrogen and oxygen atoms in total. The standard InChI is InChI=1S/C30H30N4OS.C30H32N2OS.CH4/c1-31-30(24-10-3-2-9-22(24)21-36-28-14-7-4-11-25(28)30)17-8-18-33-19-15-23(16-20-33)34-27-13-6-5-12-26(27)32-29(34)35;1-23-12-14-25(15-13-23)29(33)17-20-32(21-18-29)19-7-16-30(31-2)26-9-4-3-8-24(26)22-34-28-11-6-5-10-27(28)30;/h2-7,9-14,23H,8,15-21H2,(H,32,35);3-6,8-15,33H,7,16-22H2,1H3;1H4. The van der Waals surface area contributed by atoms with Crippen molar-refractivity contribution in [3.05, 3.63) is 223 Å². The van der Waals surface area contributed by atoms with E-state index < -0.39 is 16.7 Å². The highest BCUT2D eigenvalue weighted by Crippen LogP contribution is 2.50. The van der Waals surface area contributed by atoms with Crippen molar-refractivity contribution in [2.45, 2.75) is 110 Å². The zero-order valence-corrected chi connectivity index (χ0v) is 41.8. The van der Waals surface area contributed by atoms with Crippen LogP contribution < -0.4 is 5.69 Å². The van der Waals surface area contributed by atoms with Crippen LogP contribution in [0.1, 0.15) is 109 Å². The molecule has 71 heavy (non-hydrogen) atoms. The Morgan fingerprint density at radius 3 is 1.62 bits per heavy atom. The first-order chi connectivity index (χ1) is 34.2. The van der Waals surface area contributed by atoms with Crippen molar-refractivity contribution in [3.63, 3.8) is 0 Å². The number of nitrogens with zero attached hydrogens (tertiary/aromatic N) is 5. The number of para-hydroxylation sites is 2. The van der Waals surface area contributed by atoms with Crippen molar-refractivity contribution in [2.24, 2.45) is 0 Å². The summed E-state index contributed by atoms with van der Waals surface area (Å²) < 4.78 is 1.96. The normalized spacial score (nSPS) is 20.7. The van der Waals surface area contributed by atoms with Gasteiger partial charge in [-0.2, -0.15) is 0 Å². The number of fused-ring (bicyclic) bond motifs is 5. The smallest absolute Gasteiger partial charge is 0.326 e. The molecule has 0 aliphatic carbocycles. The maximum atomic E-state index is 12.6. The van der Waals surface area contributed by atoms with Gasteiger partial charge in [-0.25, -0.2) is 17.9 Å². The van der Waals surface area contributed by atoms with Crippen molar-refractivity contribution in [1.82, 2.24) is 19.4 Å². The summed E-state index contributed by atoms with van der Waals surface area (Å²) in [5.74, 6) is 1.82. The van der Waals surface area contributed by atoms with Crippen LogP contribution in [0.2, 0.25) is 0 Å². The fourth-order valence-corrected chi connectivity index (χ4v) is 14.0. The lowest BCUT2D eigenvalue weighted by atomic mass is 9.78. The second-order valence-electron chi connectivity index (χ2n) is 19.7. The highest BCUT2D eigenvalue weighted by molar-refractivity contribution is 7.98. The second kappa shape index (κ2) is 21.9. The van der Waals surface area contributed by atoms with Gasteiger partial charge in [0.15, 0.2) is 0 Å². The van der Waals surface area contributed by atoms with Crippen molar-refractivity contribution in [1.29, 1.82) is 0 Å². The average molecular weight is 979 g/mol. The summed E-state index contributed by atoms with van der Waals surface area (Å²) in [5, 5.41) is 11.2. The molecule has 11 rings (SSSR count). The van der Waals surface area contributed by atoms with Gasteiger partial charge < -0.3 is 19.9 Å². The third kappa shape index (κ3) is 10.0. The number of rotatable bonds is 10. The molecule has 1 aromatic heterocycles. The fourth-order valence-electron chi connectivity index (χ4n) is 11.7. The van der Waals surface area contributed by atoms with E-state index in [1.807, 2.05) is 52.4 Å². The highest BCUT2D eigenvalue weighted by Gasteiger charge is 2.47. The predicted octanol–water partition coefficient (Wildman–Crippen LogP) is 13.4. The van der Waals surface area contributed by atoms with Crippen LogP contribution in [-0.4, -0.2) is 63.7 Å². The van der Waals surface area contributed by atoms with Crippen molar-refractivity contribution in [2.75, 3.05) is 39.3 Å². The van der Waals surface area contributed by atoms with Crippen LogP contribution in [0.4, 0.5) is 0 Å². The van der Waals surface area contributed by atoms with E-state index >= 15 is 0 Å². The molecule has 0 bridgehead atoms. The first kappa shape index (κ1) is 50.1. The number of nitrogens with one attached hydrogen (secondary N) is 1. The Labute approximate surface area is 429 Å². The van der Waals surface area contributed by atoms with E-state index in [0.717, 1.165) is 130 Å². The van der Waals surface area contributed by atoms with Gasteiger partial charge in [0.05, 0.1) is 27.8 Å². The number of aromatic amines is 1. The monoisotopic (exact) mass is 978 g/mol. The van der Waals surface area contributed by atoms with Crippen molar-refractivity contribution in [3.8, 4) is 0 Å². The lowest BCUT2D eigenvalue weighted by Gasteiger charge is -2.39. The Hall–Kier alpha value is -5.85. The molecule has 4 aliphatic rings. The number of piperidine rings is 2. The molecule has 0 saturated carbocycles. The number of likely N-dealkylation sites (tertiary alicyclic amines) is 2. The third-order valence-electron chi connectivity index (χ3n) is 15.6. The number of imidazole rings is 1. The second-order valence-corrected chi connectivity index (χ2v) is 21.7. The summed E-state index contributed by atoms with van der Waals surface area (Å²) in [7, 11) is 0. The molecule has 7 aromatic rings. The van der Waals surface area contributed by atoms with E-state index in [1.165, 1.54) is 37.6 Å². The topological polar surface area (TPSA) is 73.2 Å². The van der Waals surface area contributed by atoms with Crippen LogP contribution in [0, 0.1) is 20.1 Å². The van der Waals surface area contributed by atoms with Crippen LogP contribution in [0.25, 0.3) is 20.7 Å². The van der Waals surface area contributed by atoms with Crippen LogP contribution in [-0.2, 0) is 28.2 Å². The molecular weight excluding hydrogens is 913 g/mol. The van der Waals surface area contributed by atoms with Crippen molar-refractivity contribution < 1.29 is 5.11 Å². The van der Waals surface area contributed by atoms with E-state index in [-0.39, 0.29) is 19.2 Å². The maximum Gasteiger partial charge on any atom is 0.326 e. The Morgan fingerprint density at radius 2 is 1.08 bits per heavy atom. The number of hydrogen-bond donors (Lipinski definition) is 2. The number of aliphatic hydroxyl groups is 1. The summed E-state index contributed by atoms with van der Waals surface area (Å²) in [4.78, 5) is 31.8. The molecular formula is C61H66N6O2S2. The third-order valence-corrected chi connectivity index (χ3v) is 17.8. The van der Waals surface area contributed by atoms with Gasteiger partial charge in [-0.3, -0.25) is 14.3 Å². The first-order valence-corrected chi connectivity index (χ1v) is 27.0. The Bertz CT molecular complexity index is 3000. The van der Waals surface area contributed by atoms with Crippen LogP contribution in [0.5, 0.6) is 0 Å². The quantitative estimate of drug-likeness (QED) is 0.133. The number of H-pyrrole nitrogens is 1. The molecule has 0 spiro atoms. The SMILES string of the molecule is C.[C-]#[N+]C1(CCCN2CCC(O)(c3ccc(C)cc3)CC2)c2ccccc2CSc2ccccc21.[C-]#[N+]C1(CCCN2CCC(n3c(=O)[nH]c4ccccc43)CC2)c2ccccc2CSc2ccccc21. The molecule has 4 aliphatic heterocycles. The van der Waals surface area contributed by atoms with E-state index in [0.29, 0.717) is 0 Å². The van der Waals surface area contributed by atoms with Crippen LogP contribution in [0.3, 0.4) is 0 Å². The molecule has 364 valence electrons. The van der Waals surface area contributed by atoms with Gasteiger partial charge in [0.25, 0.3) is 11.1 Å². The Morgan fingerprint density at radius 1 is 0.620 bits per heavy atom. The Kier molecular flexibility index (Phi) is 15.4. The molecule has 2 fully saturated rings. The summed E-state index contributed by atoms with van der Waals surface area (Å²) in [6, 6.07) is 50.5. The van der Waals surface area contributed by atoms with Gasteiger partial charge in [-0.15, -0.1) is 23.5 Å². The number of benzene rings is 6. The van der Waals surface area contributed by atoms with Crippen LogP contribution in [0.15, 0.2) is 160 Å². The molecule has 2 saturated heterocycles. The number of thioether (sulfide) groups is 2. The number of aromatic nitrogens is 2. The fraction of sp³-hybridized carbons (Fsp3) is 0.361. The van der Waals surface area contributed by atoms with E-state index in [9.17, 15) is 9.90 Å². The van der Waals surface area contributed by atoms with Gasteiger partial charge >= 0.3 is 5.69 Å². The lowest BCUT2D eigenvalue weighted by molar-refractivity contribution is -0.0262. The molecule has 10 heteroatoms. The predicted molar refractivity (Wildman–Crippen MR) is 293 cm³/mol. The van der Waals surface area contributed by atoms with Gasteiger partial charge in [0.1, 0.15) is 0 Å². The molecule has 0 radical (unpaired) electrons. The summed E-state index contributed by atoms with van der Waals surface area (Å²) in [6.45, 7) is 24.5. The molecule has 2 unspecified atom stereocenters. The van der Waals surface area contributed by atoms with E-state index in [4.69, 9.17) is 13.1 Å². The molecule has 5 heterocycles. The minimum Gasteiger partial charge on any atom is -0.385 e. The van der Waals surface area contributed by atoms with Gasteiger partial charge in [0.2, 0.25) is 0 Å². The van der Waals surface area contributed by atoms with E-state index in [1.54, 1.807) is 0 Å². The van der Waals surface area contributed by atoms with E-state index in [2.05, 4.69) is 153 Å². The van der Waals surface area contributed by atoms with Gasteiger partial charge in [0, 0.05) is 77.5 Å². The summed E-state index contributed by atoms with van der Waals surface area (Å²) in [5.41, 5.74) is 9.41. The average Bonchev–Trinajstić information content (AvgIpc) is 3.58. The molecule has 2 N–H and O–H groups in total. The number of aryl methyl sites for hydroxylation is 1. The van der Waals surface area contributed by atoms with Crippen molar-refractivity contribution >= 4 is 34.6 Å². The molecule has 2 atom stereocenters. The first-order valence-electron chi connectivity index (χ1n) is 25.1. The van der Waals surface area contributed by atoms with Crippen LogP contribution >= 0.6 is 23.5 Å². The zero-order valence-electron chi connectivity index (χ0n) is 40.2. The highest BCUT2D eigenvalue weighted by atomic mass is 32.2. The Balaban J connectivity index is 0.000000174.